The van der Waals surface area contributed by atoms with Crippen molar-refractivity contribution in [2.24, 2.45) is 0 Å². The van der Waals surface area contributed by atoms with Gasteiger partial charge in [0.15, 0.2) is 0 Å². The molecule has 134 valence electrons. The second-order valence-electron chi connectivity index (χ2n) is 5.37. The zero-order valence-electron chi connectivity index (χ0n) is 14.3. The largest absolute Gasteiger partial charge is 0.497 e. The van der Waals surface area contributed by atoms with Crippen LogP contribution < -0.4 is 10.2 Å². The lowest BCUT2D eigenvalue weighted by atomic mass is 10.1. The number of carbonyl (C=O) groups excluding carboxylic acids is 2. The van der Waals surface area contributed by atoms with Gasteiger partial charge in [-0.15, -0.1) is 0 Å². The van der Waals surface area contributed by atoms with Gasteiger partial charge in [0.25, 0.3) is 0 Å². The SMILES string of the molecule is COC(=O)Cc1nc2oc3ccc(OC)cc3c(=O)c2cc1C(=O)OC. The second-order valence-corrected chi connectivity index (χ2v) is 5.37. The molecule has 8 nitrogen and oxygen atoms in total. The summed E-state index contributed by atoms with van der Waals surface area (Å²) in [5.41, 5.74) is 0.0550. The minimum atomic E-state index is -0.719. The summed E-state index contributed by atoms with van der Waals surface area (Å²) in [4.78, 5) is 40.7. The van der Waals surface area contributed by atoms with Gasteiger partial charge in [-0.2, -0.15) is 0 Å². The monoisotopic (exact) mass is 357 g/mol. The van der Waals surface area contributed by atoms with Gasteiger partial charge < -0.3 is 18.6 Å². The van der Waals surface area contributed by atoms with Crippen LogP contribution >= 0.6 is 0 Å². The Morgan fingerprint density at radius 3 is 2.50 bits per heavy atom. The van der Waals surface area contributed by atoms with Crippen LogP contribution in [0.2, 0.25) is 0 Å². The van der Waals surface area contributed by atoms with E-state index in [2.05, 4.69) is 9.72 Å². The summed E-state index contributed by atoms with van der Waals surface area (Å²) in [5, 5.41) is 0.384. The average molecular weight is 357 g/mol. The van der Waals surface area contributed by atoms with Gasteiger partial charge in [0.05, 0.1) is 49.8 Å². The number of esters is 2. The lowest BCUT2D eigenvalue weighted by molar-refractivity contribution is -0.139. The van der Waals surface area contributed by atoms with Crippen molar-refractivity contribution in [3.63, 3.8) is 0 Å². The molecule has 3 rings (SSSR count). The highest BCUT2D eigenvalue weighted by Crippen LogP contribution is 2.23. The molecule has 2 aromatic heterocycles. The first kappa shape index (κ1) is 17.4. The van der Waals surface area contributed by atoms with E-state index in [0.717, 1.165) is 0 Å². The van der Waals surface area contributed by atoms with Gasteiger partial charge in [-0.3, -0.25) is 9.59 Å². The van der Waals surface area contributed by atoms with Crippen molar-refractivity contribution in [3.05, 3.63) is 45.7 Å². The van der Waals surface area contributed by atoms with Crippen molar-refractivity contribution < 1.29 is 28.2 Å². The third-order valence-corrected chi connectivity index (χ3v) is 3.89. The van der Waals surface area contributed by atoms with Crippen LogP contribution in [0.1, 0.15) is 16.1 Å². The van der Waals surface area contributed by atoms with Crippen LogP contribution in [-0.4, -0.2) is 38.3 Å². The highest BCUT2D eigenvalue weighted by molar-refractivity contribution is 5.97. The molecule has 0 atom stereocenters. The number of benzene rings is 1. The summed E-state index contributed by atoms with van der Waals surface area (Å²) in [7, 11) is 3.91. The minimum absolute atomic E-state index is 0.0000499. The molecule has 0 saturated heterocycles. The number of ether oxygens (including phenoxy) is 3. The summed E-state index contributed by atoms with van der Waals surface area (Å²) in [6.45, 7) is 0. The molecular formula is C18H15NO7. The summed E-state index contributed by atoms with van der Waals surface area (Å²) < 4.78 is 20.1. The van der Waals surface area contributed by atoms with Crippen LogP contribution in [0.15, 0.2) is 33.5 Å². The van der Waals surface area contributed by atoms with E-state index in [1.54, 1.807) is 18.2 Å². The maximum absolute atomic E-state index is 12.8. The summed E-state index contributed by atoms with van der Waals surface area (Å²) in [6.07, 6.45) is -0.263. The fourth-order valence-electron chi connectivity index (χ4n) is 2.55. The van der Waals surface area contributed by atoms with Crippen molar-refractivity contribution in [1.29, 1.82) is 0 Å². The van der Waals surface area contributed by atoms with Gasteiger partial charge in [-0.1, -0.05) is 0 Å². The fraction of sp³-hybridized carbons (Fsp3) is 0.222. The third kappa shape index (κ3) is 2.97. The first-order chi connectivity index (χ1) is 12.5. The molecule has 0 aliphatic carbocycles. The van der Waals surface area contributed by atoms with Gasteiger partial charge in [-0.05, 0) is 24.3 Å². The van der Waals surface area contributed by atoms with Crippen molar-refractivity contribution in [3.8, 4) is 5.75 Å². The molecule has 0 unspecified atom stereocenters. The van der Waals surface area contributed by atoms with Crippen LogP contribution in [0, 0.1) is 0 Å². The van der Waals surface area contributed by atoms with Crippen LogP contribution in [-0.2, 0) is 20.7 Å². The number of fused-ring (bicyclic) bond motifs is 2. The average Bonchev–Trinajstić information content (AvgIpc) is 2.66. The first-order valence-electron chi connectivity index (χ1n) is 7.58. The molecule has 2 heterocycles. The highest BCUT2D eigenvalue weighted by Gasteiger charge is 2.21. The molecule has 0 spiro atoms. The minimum Gasteiger partial charge on any atom is -0.497 e. The maximum Gasteiger partial charge on any atom is 0.339 e. The Bertz CT molecular complexity index is 1080. The van der Waals surface area contributed by atoms with Crippen LogP contribution in [0.3, 0.4) is 0 Å². The summed E-state index contributed by atoms with van der Waals surface area (Å²) in [6, 6.07) is 6.10. The fourth-order valence-corrected chi connectivity index (χ4v) is 2.55. The van der Waals surface area contributed by atoms with Crippen molar-refractivity contribution in [1.82, 2.24) is 4.98 Å². The van der Waals surface area contributed by atoms with E-state index >= 15 is 0 Å². The Kier molecular flexibility index (Phi) is 4.57. The van der Waals surface area contributed by atoms with E-state index < -0.39 is 11.9 Å². The van der Waals surface area contributed by atoms with Gasteiger partial charge in [-0.25, -0.2) is 9.78 Å². The Morgan fingerprint density at radius 1 is 1.08 bits per heavy atom. The van der Waals surface area contributed by atoms with Gasteiger partial charge >= 0.3 is 11.9 Å². The molecule has 0 aliphatic rings. The molecule has 0 aliphatic heterocycles. The van der Waals surface area contributed by atoms with E-state index in [0.29, 0.717) is 11.3 Å². The first-order valence-corrected chi connectivity index (χ1v) is 7.58. The van der Waals surface area contributed by atoms with Crippen molar-refractivity contribution in [2.45, 2.75) is 6.42 Å². The molecule has 3 aromatic rings. The summed E-state index contributed by atoms with van der Waals surface area (Å²) >= 11 is 0. The number of rotatable bonds is 4. The smallest absolute Gasteiger partial charge is 0.339 e. The normalized spacial score (nSPS) is 10.7. The van der Waals surface area contributed by atoms with Crippen molar-refractivity contribution >= 4 is 34.0 Å². The Balaban J connectivity index is 2.32. The molecule has 0 fully saturated rings. The Hall–Kier alpha value is -3.42. The lowest BCUT2D eigenvalue weighted by Crippen LogP contribution is -2.15. The topological polar surface area (TPSA) is 105 Å². The molecule has 1 aromatic carbocycles. The van der Waals surface area contributed by atoms with Gasteiger partial charge in [0.2, 0.25) is 11.1 Å². The predicted molar refractivity (Wildman–Crippen MR) is 91.4 cm³/mol. The Labute approximate surface area is 147 Å². The molecule has 0 bridgehead atoms. The van der Waals surface area contributed by atoms with E-state index in [-0.39, 0.29) is 39.6 Å². The number of nitrogens with zero attached hydrogens (tertiary/aromatic N) is 1. The van der Waals surface area contributed by atoms with E-state index in [9.17, 15) is 14.4 Å². The number of methoxy groups -OCH3 is 3. The lowest BCUT2D eigenvalue weighted by Gasteiger charge is -2.09. The number of pyridine rings is 1. The number of hydrogen-bond acceptors (Lipinski definition) is 8. The van der Waals surface area contributed by atoms with Gasteiger partial charge in [0, 0.05) is 0 Å². The quantitative estimate of drug-likeness (QED) is 0.515. The third-order valence-electron chi connectivity index (χ3n) is 3.89. The molecule has 0 N–H and O–H groups in total. The van der Waals surface area contributed by atoms with Crippen LogP contribution in [0.25, 0.3) is 22.1 Å². The molecule has 26 heavy (non-hydrogen) atoms. The number of carbonyl (C=O) groups is 2. The molecule has 0 amide bonds. The standard InChI is InChI=1S/C18H15NO7/c1-23-9-4-5-14-11(6-9)16(21)12-7-10(18(22)25-3)13(8-15(20)24-2)19-17(12)26-14/h4-7H,8H2,1-3H3. The highest BCUT2D eigenvalue weighted by atomic mass is 16.5. The number of aromatic nitrogens is 1. The zero-order valence-corrected chi connectivity index (χ0v) is 14.3. The predicted octanol–water partition coefficient (Wildman–Crippen LogP) is 1.85. The van der Waals surface area contributed by atoms with E-state index in [4.69, 9.17) is 13.9 Å². The molecular weight excluding hydrogens is 342 g/mol. The summed E-state index contributed by atoms with van der Waals surface area (Å²) in [5.74, 6) is -0.814. The van der Waals surface area contributed by atoms with Crippen molar-refractivity contribution in [2.75, 3.05) is 21.3 Å². The van der Waals surface area contributed by atoms with E-state index in [1.165, 1.54) is 27.4 Å². The maximum atomic E-state index is 12.8. The Morgan fingerprint density at radius 2 is 1.85 bits per heavy atom. The molecule has 0 radical (unpaired) electrons. The second kappa shape index (κ2) is 6.83. The van der Waals surface area contributed by atoms with Gasteiger partial charge in [0.1, 0.15) is 11.3 Å². The van der Waals surface area contributed by atoms with E-state index in [1.807, 2.05) is 0 Å². The molecule has 0 saturated carbocycles. The molecule has 8 heteroatoms. The number of hydrogen-bond donors (Lipinski definition) is 0. The zero-order chi connectivity index (χ0) is 18.8. The van der Waals surface area contributed by atoms with Crippen LogP contribution in [0.5, 0.6) is 5.75 Å². The van der Waals surface area contributed by atoms with Crippen LogP contribution in [0.4, 0.5) is 0 Å².